The molecule has 30 heavy (non-hydrogen) atoms. The fourth-order valence-corrected chi connectivity index (χ4v) is 3.40. The van der Waals surface area contributed by atoms with Crippen molar-refractivity contribution in [1.82, 2.24) is 19.5 Å². The Bertz CT molecular complexity index is 1020. The molecule has 0 unspecified atom stereocenters. The zero-order chi connectivity index (χ0) is 21.3. The summed E-state index contributed by atoms with van der Waals surface area (Å²) in [5, 5.41) is 13.4. The van der Waals surface area contributed by atoms with Gasteiger partial charge >= 0.3 is 0 Å². The van der Waals surface area contributed by atoms with Crippen LogP contribution in [0.2, 0.25) is 0 Å². The molecule has 4 rings (SSSR count). The molecule has 3 heterocycles. The highest BCUT2D eigenvalue weighted by Gasteiger charge is 2.53. The Morgan fingerprint density at radius 1 is 1.33 bits per heavy atom. The van der Waals surface area contributed by atoms with Crippen molar-refractivity contribution in [2.45, 2.75) is 31.0 Å². The van der Waals surface area contributed by atoms with Crippen LogP contribution in [0.4, 0.5) is 16.2 Å². The average molecular weight is 418 g/mol. The van der Waals surface area contributed by atoms with Gasteiger partial charge in [0.15, 0.2) is 36.2 Å². The van der Waals surface area contributed by atoms with Crippen LogP contribution >= 0.6 is 0 Å². The molecule has 0 amide bonds. The Morgan fingerprint density at radius 2 is 2.10 bits per heavy atom. The van der Waals surface area contributed by atoms with Crippen LogP contribution in [-0.2, 0) is 9.47 Å². The summed E-state index contributed by atoms with van der Waals surface area (Å²) < 4.78 is 33.3. The van der Waals surface area contributed by atoms with Gasteiger partial charge in [0, 0.05) is 7.05 Å². The third-order valence-corrected chi connectivity index (χ3v) is 4.98. The summed E-state index contributed by atoms with van der Waals surface area (Å²) >= 11 is 0. The topological polar surface area (TPSA) is 130 Å². The first-order valence-electron chi connectivity index (χ1n) is 9.36. The van der Waals surface area contributed by atoms with E-state index in [1.165, 1.54) is 10.9 Å². The second-order valence-electron chi connectivity index (χ2n) is 7.14. The van der Waals surface area contributed by atoms with E-state index in [1.54, 1.807) is 26.1 Å². The van der Waals surface area contributed by atoms with E-state index < -0.39 is 24.1 Å². The molecule has 0 spiro atoms. The first kappa shape index (κ1) is 20.3. The Labute approximate surface area is 171 Å². The fourth-order valence-electron chi connectivity index (χ4n) is 3.40. The minimum Gasteiger partial charge on any atom is -0.468 e. The standard InChI is InChI=1S/C19H23FN6O4/c1-19(8-28-10-29-11-6-4-3-5-7-11)14(27)12(20)17(30-19)26-9-23-13-15(22-2)24-18(21)25-16(13)26/h3-7,9,12,14,17,27H,8,10H2,1-2H3,(H3,21,22,24,25)/t12-,14+,17-,19-/m1/s1. The number of anilines is 2. The first-order chi connectivity index (χ1) is 14.4. The SMILES string of the molecule is CNc1nc(N)nc2c1ncn2[C@@H]1O[C@](C)(COCOc2ccccc2)[C@@H](O)[C@H]1F. The average Bonchev–Trinajstić information content (AvgIpc) is 3.26. The van der Waals surface area contributed by atoms with E-state index in [0.717, 1.165) is 0 Å². The lowest BCUT2D eigenvalue weighted by atomic mass is 9.99. The second kappa shape index (κ2) is 8.01. The van der Waals surface area contributed by atoms with Gasteiger partial charge in [-0.05, 0) is 19.1 Å². The van der Waals surface area contributed by atoms with Crippen LogP contribution in [0.25, 0.3) is 11.2 Å². The van der Waals surface area contributed by atoms with Gasteiger partial charge in [0.25, 0.3) is 0 Å². The van der Waals surface area contributed by atoms with Gasteiger partial charge in [-0.15, -0.1) is 0 Å². The molecule has 1 aliphatic heterocycles. The summed E-state index contributed by atoms with van der Waals surface area (Å²) in [6, 6.07) is 9.12. The number of hydrogen-bond acceptors (Lipinski definition) is 9. The predicted molar refractivity (Wildman–Crippen MR) is 107 cm³/mol. The molecule has 0 radical (unpaired) electrons. The fraction of sp³-hybridized carbons (Fsp3) is 0.421. The van der Waals surface area contributed by atoms with Gasteiger partial charge in [-0.3, -0.25) is 4.57 Å². The lowest BCUT2D eigenvalue weighted by Crippen LogP contribution is -2.43. The van der Waals surface area contributed by atoms with Crippen LogP contribution in [0.3, 0.4) is 0 Å². The van der Waals surface area contributed by atoms with Crippen LogP contribution in [-0.4, -0.2) is 62.9 Å². The van der Waals surface area contributed by atoms with Crippen molar-refractivity contribution in [2.24, 2.45) is 0 Å². The monoisotopic (exact) mass is 418 g/mol. The molecule has 1 saturated heterocycles. The van der Waals surface area contributed by atoms with Crippen molar-refractivity contribution in [2.75, 3.05) is 31.5 Å². The summed E-state index contributed by atoms with van der Waals surface area (Å²) in [5.74, 6) is 1.06. The Morgan fingerprint density at radius 3 is 2.83 bits per heavy atom. The minimum atomic E-state index is -1.74. The lowest BCUT2D eigenvalue weighted by Gasteiger charge is -2.27. The molecular weight excluding hydrogens is 395 g/mol. The van der Waals surface area contributed by atoms with Gasteiger partial charge in [0.2, 0.25) is 5.95 Å². The summed E-state index contributed by atoms with van der Waals surface area (Å²) in [5.41, 5.74) is 5.16. The van der Waals surface area contributed by atoms with E-state index in [-0.39, 0.29) is 19.3 Å². The van der Waals surface area contributed by atoms with Crippen LogP contribution in [0.1, 0.15) is 13.2 Å². The maximum atomic E-state index is 15.0. The summed E-state index contributed by atoms with van der Waals surface area (Å²) in [6.07, 6.45) is -2.94. The van der Waals surface area contributed by atoms with Crippen LogP contribution in [0.5, 0.6) is 5.75 Å². The van der Waals surface area contributed by atoms with E-state index in [1.807, 2.05) is 18.2 Å². The van der Waals surface area contributed by atoms with E-state index >= 15 is 4.39 Å². The number of aliphatic hydroxyl groups is 1. The quantitative estimate of drug-likeness (QED) is 0.386. The molecule has 3 aromatic rings. The van der Waals surface area contributed by atoms with Gasteiger partial charge in [-0.1, -0.05) is 18.2 Å². The van der Waals surface area contributed by atoms with Gasteiger partial charge in [-0.25, -0.2) is 9.37 Å². The Kier molecular flexibility index (Phi) is 5.41. The Balaban J connectivity index is 1.49. The van der Waals surface area contributed by atoms with E-state index in [0.29, 0.717) is 22.7 Å². The zero-order valence-electron chi connectivity index (χ0n) is 16.5. The number of aliphatic hydroxyl groups excluding tert-OH is 1. The number of alkyl halides is 1. The van der Waals surface area contributed by atoms with Gasteiger partial charge < -0.3 is 30.4 Å². The molecule has 11 heteroatoms. The normalized spacial score (nSPS) is 26.2. The van der Waals surface area contributed by atoms with Crippen molar-refractivity contribution in [3.8, 4) is 5.75 Å². The number of rotatable bonds is 7. The van der Waals surface area contributed by atoms with E-state index in [2.05, 4.69) is 20.3 Å². The number of imidazole rings is 1. The number of aromatic nitrogens is 4. The number of ether oxygens (including phenoxy) is 3. The first-order valence-corrected chi connectivity index (χ1v) is 9.36. The number of nitrogens with two attached hydrogens (primary N) is 1. The highest BCUT2D eigenvalue weighted by Crippen LogP contribution is 2.40. The largest absolute Gasteiger partial charge is 0.468 e. The zero-order valence-corrected chi connectivity index (χ0v) is 16.5. The van der Waals surface area contributed by atoms with Crippen LogP contribution < -0.4 is 15.8 Å². The number of nitrogens with zero attached hydrogens (tertiary/aromatic N) is 4. The van der Waals surface area contributed by atoms with E-state index in [4.69, 9.17) is 19.9 Å². The molecular formula is C19H23FN6O4. The molecule has 4 atom stereocenters. The van der Waals surface area contributed by atoms with Crippen molar-refractivity contribution in [1.29, 1.82) is 0 Å². The molecule has 10 nitrogen and oxygen atoms in total. The van der Waals surface area contributed by atoms with Gasteiger partial charge in [-0.2, -0.15) is 9.97 Å². The molecule has 1 aromatic carbocycles. The number of hydrogen-bond donors (Lipinski definition) is 3. The molecule has 1 fully saturated rings. The summed E-state index contributed by atoms with van der Waals surface area (Å²) in [7, 11) is 1.67. The number of para-hydroxylation sites is 1. The van der Waals surface area contributed by atoms with Crippen molar-refractivity contribution < 1.29 is 23.7 Å². The number of halogens is 1. The van der Waals surface area contributed by atoms with E-state index in [9.17, 15) is 5.11 Å². The number of nitrogen functional groups attached to an aromatic ring is 1. The van der Waals surface area contributed by atoms with Crippen LogP contribution in [0, 0.1) is 0 Å². The molecule has 0 aliphatic carbocycles. The third-order valence-electron chi connectivity index (χ3n) is 4.98. The van der Waals surface area contributed by atoms with Crippen molar-refractivity contribution >= 4 is 22.9 Å². The van der Waals surface area contributed by atoms with Crippen molar-refractivity contribution in [3.05, 3.63) is 36.7 Å². The van der Waals surface area contributed by atoms with Crippen LogP contribution in [0.15, 0.2) is 36.7 Å². The third kappa shape index (κ3) is 3.62. The molecule has 1 aliphatic rings. The smallest absolute Gasteiger partial charge is 0.224 e. The molecule has 160 valence electrons. The predicted octanol–water partition coefficient (Wildman–Crippen LogP) is 1.49. The highest BCUT2D eigenvalue weighted by atomic mass is 19.1. The minimum absolute atomic E-state index is 0.00621. The maximum absolute atomic E-state index is 15.0. The summed E-state index contributed by atoms with van der Waals surface area (Å²) in [6.45, 7) is 1.43. The van der Waals surface area contributed by atoms with Gasteiger partial charge in [0.1, 0.15) is 17.5 Å². The highest BCUT2D eigenvalue weighted by molar-refractivity contribution is 5.84. The second-order valence-corrected chi connectivity index (χ2v) is 7.14. The van der Waals surface area contributed by atoms with Gasteiger partial charge in [0.05, 0.1) is 12.9 Å². The molecule has 2 aromatic heterocycles. The number of fused-ring (bicyclic) bond motifs is 1. The Hall–Kier alpha value is -3.02. The lowest BCUT2D eigenvalue weighted by molar-refractivity contribution is -0.143. The molecule has 4 N–H and O–H groups in total. The molecule has 0 bridgehead atoms. The molecule has 0 saturated carbocycles. The summed E-state index contributed by atoms with van der Waals surface area (Å²) in [4.78, 5) is 12.4. The number of nitrogens with one attached hydrogen (secondary N) is 1. The number of benzene rings is 1. The van der Waals surface area contributed by atoms with Crippen molar-refractivity contribution in [3.63, 3.8) is 0 Å². The maximum Gasteiger partial charge on any atom is 0.224 e.